The second kappa shape index (κ2) is 15.0. The second-order valence-electron chi connectivity index (χ2n) is 7.45. The van der Waals surface area contributed by atoms with E-state index in [0.717, 1.165) is 38.7 Å². The Morgan fingerprint density at radius 2 is 1.86 bits per heavy atom. The first kappa shape index (κ1) is 26.1. The van der Waals surface area contributed by atoms with Gasteiger partial charge in [-0.25, -0.2) is 0 Å². The maximum Gasteiger partial charge on any atom is 0.191 e. The first-order chi connectivity index (χ1) is 13.7. The SMILES string of the molecule is CCOCCOCc1cccc(CNC(=NC)NCC2(CCOC)CCC2)c1.I. The lowest BCUT2D eigenvalue weighted by Gasteiger charge is -2.42. The molecule has 0 aliphatic heterocycles. The van der Waals surface area contributed by atoms with E-state index in [0.29, 0.717) is 25.2 Å². The van der Waals surface area contributed by atoms with Gasteiger partial charge in [-0.05, 0) is 42.7 Å². The average Bonchev–Trinajstić information content (AvgIpc) is 2.69. The van der Waals surface area contributed by atoms with E-state index in [1.54, 1.807) is 7.11 Å². The third kappa shape index (κ3) is 9.63. The zero-order valence-electron chi connectivity index (χ0n) is 18.2. The fourth-order valence-electron chi connectivity index (χ4n) is 3.47. The predicted molar refractivity (Wildman–Crippen MR) is 129 cm³/mol. The number of halogens is 1. The molecule has 1 aliphatic carbocycles. The molecule has 0 aromatic heterocycles. The molecule has 0 saturated heterocycles. The first-order valence-corrected chi connectivity index (χ1v) is 10.4. The normalized spacial score (nSPS) is 15.3. The van der Waals surface area contributed by atoms with E-state index in [2.05, 4.69) is 39.9 Å². The summed E-state index contributed by atoms with van der Waals surface area (Å²) in [6.45, 7) is 7.10. The minimum atomic E-state index is 0. The number of rotatable bonds is 13. The Kier molecular flexibility index (Phi) is 13.5. The maximum atomic E-state index is 5.66. The van der Waals surface area contributed by atoms with Gasteiger partial charge >= 0.3 is 0 Å². The summed E-state index contributed by atoms with van der Waals surface area (Å²) < 4.78 is 16.2. The monoisotopic (exact) mass is 519 g/mol. The fraction of sp³-hybridized carbons (Fsp3) is 0.682. The lowest BCUT2D eigenvalue weighted by molar-refractivity contribution is 0.0453. The molecule has 29 heavy (non-hydrogen) atoms. The molecule has 1 aromatic rings. The molecule has 0 atom stereocenters. The van der Waals surface area contributed by atoms with Crippen LogP contribution in [0.4, 0.5) is 0 Å². The van der Waals surface area contributed by atoms with Crippen LogP contribution in [0, 0.1) is 5.41 Å². The topological polar surface area (TPSA) is 64.1 Å². The van der Waals surface area contributed by atoms with Gasteiger partial charge in [0.25, 0.3) is 0 Å². The van der Waals surface area contributed by atoms with Gasteiger partial charge in [0.1, 0.15) is 0 Å². The number of methoxy groups -OCH3 is 1. The molecule has 0 spiro atoms. The Hall–Kier alpha value is -0.900. The van der Waals surface area contributed by atoms with E-state index in [-0.39, 0.29) is 24.0 Å². The van der Waals surface area contributed by atoms with E-state index >= 15 is 0 Å². The largest absolute Gasteiger partial charge is 0.385 e. The predicted octanol–water partition coefficient (Wildman–Crippen LogP) is 3.73. The van der Waals surface area contributed by atoms with Crippen LogP contribution >= 0.6 is 24.0 Å². The van der Waals surface area contributed by atoms with Gasteiger partial charge < -0.3 is 24.8 Å². The highest BCUT2D eigenvalue weighted by Crippen LogP contribution is 2.43. The van der Waals surface area contributed by atoms with Crippen LogP contribution in [0.15, 0.2) is 29.3 Å². The van der Waals surface area contributed by atoms with Crippen molar-refractivity contribution in [2.45, 2.75) is 45.8 Å². The number of aliphatic imine (C=N–C) groups is 1. The summed E-state index contributed by atoms with van der Waals surface area (Å²) in [5, 5.41) is 6.93. The molecule has 0 radical (unpaired) electrons. The number of guanidine groups is 1. The van der Waals surface area contributed by atoms with Crippen molar-refractivity contribution < 1.29 is 14.2 Å². The number of nitrogens with one attached hydrogen (secondary N) is 2. The van der Waals surface area contributed by atoms with Gasteiger partial charge in [0.05, 0.1) is 19.8 Å². The summed E-state index contributed by atoms with van der Waals surface area (Å²) in [7, 11) is 3.60. The molecule has 1 aliphatic rings. The molecule has 166 valence electrons. The Balaban J connectivity index is 0.00000420. The first-order valence-electron chi connectivity index (χ1n) is 10.4. The fourth-order valence-corrected chi connectivity index (χ4v) is 3.47. The van der Waals surface area contributed by atoms with Gasteiger partial charge in [0.2, 0.25) is 0 Å². The number of nitrogens with zero attached hydrogens (tertiary/aromatic N) is 1. The van der Waals surface area contributed by atoms with Crippen molar-refractivity contribution in [1.29, 1.82) is 0 Å². The Morgan fingerprint density at radius 1 is 1.10 bits per heavy atom. The molecule has 0 unspecified atom stereocenters. The van der Waals surface area contributed by atoms with Crippen LogP contribution in [0.5, 0.6) is 0 Å². The third-order valence-electron chi connectivity index (χ3n) is 5.40. The van der Waals surface area contributed by atoms with Gasteiger partial charge in [0.15, 0.2) is 5.96 Å². The lowest BCUT2D eigenvalue weighted by atomic mass is 9.67. The standard InChI is InChI=1S/C22H37N3O3.HI/c1-4-27-13-14-28-17-20-8-5-7-19(15-20)16-24-21(23-2)25-18-22(9-6-10-22)11-12-26-3;/h5,7-8,15H,4,6,9-14,16-18H2,1-3H3,(H2,23,24,25);1H. The summed E-state index contributed by atoms with van der Waals surface area (Å²) in [6.07, 6.45) is 4.97. The van der Waals surface area contributed by atoms with E-state index < -0.39 is 0 Å². The summed E-state index contributed by atoms with van der Waals surface area (Å²) in [4.78, 5) is 4.37. The Morgan fingerprint density at radius 3 is 2.52 bits per heavy atom. The Bertz CT molecular complexity index is 594. The highest BCUT2D eigenvalue weighted by Gasteiger charge is 2.36. The molecule has 7 heteroatoms. The second-order valence-corrected chi connectivity index (χ2v) is 7.45. The molecular weight excluding hydrogens is 481 g/mol. The zero-order valence-corrected chi connectivity index (χ0v) is 20.5. The van der Waals surface area contributed by atoms with Crippen molar-refractivity contribution in [1.82, 2.24) is 10.6 Å². The van der Waals surface area contributed by atoms with Crippen LogP contribution in [0.1, 0.15) is 43.7 Å². The van der Waals surface area contributed by atoms with Crippen molar-refractivity contribution in [3.05, 3.63) is 35.4 Å². The lowest BCUT2D eigenvalue weighted by Crippen LogP contribution is -2.46. The van der Waals surface area contributed by atoms with Gasteiger partial charge in [-0.15, -0.1) is 24.0 Å². The molecule has 0 heterocycles. The summed E-state index contributed by atoms with van der Waals surface area (Å²) >= 11 is 0. The molecule has 2 rings (SSSR count). The van der Waals surface area contributed by atoms with Crippen LogP contribution in [-0.4, -0.2) is 53.1 Å². The highest BCUT2D eigenvalue weighted by molar-refractivity contribution is 14.0. The number of ether oxygens (including phenoxy) is 3. The smallest absolute Gasteiger partial charge is 0.191 e. The van der Waals surface area contributed by atoms with E-state index in [1.807, 2.05) is 14.0 Å². The molecule has 2 N–H and O–H groups in total. The van der Waals surface area contributed by atoms with Gasteiger partial charge in [-0.2, -0.15) is 0 Å². The van der Waals surface area contributed by atoms with Crippen molar-refractivity contribution >= 4 is 29.9 Å². The van der Waals surface area contributed by atoms with Crippen molar-refractivity contribution in [2.24, 2.45) is 10.4 Å². The van der Waals surface area contributed by atoms with Crippen LogP contribution in [0.2, 0.25) is 0 Å². The van der Waals surface area contributed by atoms with Crippen molar-refractivity contribution in [3.8, 4) is 0 Å². The zero-order chi connectivity index (χ0) is 20.1. The number of benzene rings is 1. The summed E-state index contributed by atoms with van der Waals surface area (Å²) in [5.74, 6) is 0.849. The minimum absolute atomic E-state index is 0. The minimum Gasteiger partial charge on any atom is -0.385 e. The quantitative estimate of drug-likeness (QED) is 0.180. The number of hydrogen-bond acceptors (Lipinski definition) is 4. The summed E-state index contributed by atoms with van der Waals surface area (Å²) in [6, 6.07) is 8.46. The molecule has 0 bridgehead atoms. The van der Waals surface area contributed by atoms with E-state index in [4.69, 9.17) is 14.2 Å². The molecular formula is C22H38IN3O3. The van der Waals surface area contributed by atoms with Gasteiger partial charge in [-0.1, -0.05) is 30.7 Å². The maximum absolute atomic E-state index is 5.66. The van der Waals surface area contributed by atoms with E-state index in [1.165, 1.54) is 30.4 Å². The van der Waals surface area contributed by atoms with Crippen LogP contribution in [0.3, 0.4) is 0 Å². The molecule has 6 nitrogen and oxygen atoms in total. The average molecular weight is 519 g/mol. The molecule has 1 fully saturated rings. The van der Waals surface area contributed by atoms with E-state index in [9.17, 15) is 0 Å². The van der Waals surface area contributed by atoms with Crippen molar-refractivity contribution in [2.75, 3.05) is 47.1 Å². The molecule has 1 aromatic carbocycles. The van der Waals surface area contributed by atoms with Gasteiger partial charge in [-0.3, -0.25) is 4.99 Å². The summed E-state index contributed by atoms with van der Waals surface area (Å²) in [5.41, 5.74) is 2.75. The number of hydrogen-bond donors (Lipinski definition) is 2. The van der Waals surface area contributed by atoms with Crippen LogP contribution in [-0.2, 0) is 27.4 Å². The van der Waals surface area contributed by atoms with Gasteiger partial charge in [0, 0.05) is 40.5 Å². The highest BCUT2D eigenvalue weighted by atomic mass is 127. The Labute approximate surface area is 193 Å². The van der Waals surface area contributed by atoms with Crippen LogP contribution in [0.25, 0.3) is 0 Å². The van der Waals surface area contributed by atoms with Crippen LogP contribution < -0.4 is 10.6 Å². The van der Waals surface area contributed by atoms with Crippen molar-refractivity contribution in [3.63, 3.8) is 0 Å². The third-order valence-corrected chi connectivity index (χ3v) is 5.40. The molecule has 0 amide bonds. The molecule has 1 saturated carbocycles.